The zero-order valence-corrected chi connectivity index (χ0v) is 46.6. The minimum atomic E-state index is -1.80. The average molecular weight is 1120 g/mol. The van der Waals surface area contributed by atoms with Gasteiger partial charge in [-0.2, -0.15) is 0 Å². The Morgan fingerprint density at radius 1 is 0.590 bits per heavy atom. The predicted molar refractivity (Wildman–Crippen MR) is 271 cm³/mol. The lowest BCUT2D eigenvalue weighted by Crippen LogP contribution is -2.66. The van der Waals surface area contributed by atoms with Crippen LogP contribution in [0.15, 0.2) is 11.6 Å². The normalized spacial score (nSPS) is 51.4. The van der Waals surface area contributed by atoms with E-state index in [1.807, 2.05) is 0 Å². The highest BCUT2D eigenvalue weighted by molar-refractivity contribution is 5.32. The summed E-state index contributed by atoms with van der Waals surface area (Å²) in [5.74, 6) is 0.345. The lowest BCUT2D eigenvalue weighted by atomic mass is 9.38. The molecule has 0 spiro atoms. The van der Waals surface area contributed by atoms with Crippen molar-refractivity contribution in [3.63, 3.8) is 0 Å². The van der Waals surface area contributed by atoms with Crippen molar-refractivity contribution in [2.75, 3.05) is 19.8 Å². The summed E-state index contributed by atoms with van der Waals surface area (Å²) in [7, 11) is 0. The summed E-state index contributed by atoms with van der Waals surface area (Å²) in [6.45, 7) is 16.1. The standard InChI is InChI=1S/C55H94O23/c1-10-27-35(60)40(65)46(78-49-43(68)39(64)37(62)29(21-57)73-49)50(71-27)76-34(52(5,6)70)15-11-23(2)24-17-18-53(7)31-14-12-25-26(55(31,9)32(59)19-54(24,53)8)13-16-33(51(25,3)4)75-47-44(69)41(66)45(30(22-58)74-47)77-48-42(67)38(63)36(61)28(20-56)72-48/h12,23-24,26-50,56-70H,10-11,13-22H2,1-9H3/t23-,24?,26?,27-,28-,29-,30-,31?,32-,33+,34-,35-,36-,37-,38+,39+,40+,41-,42-,43-,44-,45-,46-,47+,48+,49+,50+,53+,54-,55+/m1/s1. The van der Waals surface area contributed by atoms with Crippen LogP contribution in [0.1, 0.15) is 120 Å². The molecule has 30 atom stereocenters. The number of allylic oxidation sites excluding steroid dienone is 1. The molecule has 0 amide bonds. The highest BCUT2D eigenvalue weighted by Gasteiger charge is 2.70. The van der Waals surface area contributed by atoms with Gasteiger partial charge in [0.05, 0.1) is 49.8 Å². The quantitative estimate of drug-likeness (QED) is 0.0714. The fraction of sp³-hybridized carbons (Fsp3) is 0.964. The van der Waals surface area contributed by atoms with Crippen molar-refractivity contribution in [2.45, 2.75) is 267 Å². The summed E-state index contributed by atoms with van der Waals surface area (Å²) in [6, 6.07) is 0. The maximum absolute atomic E-state index is 12.7. The molecule has 4 heterocycles. The van der Waals surface area contributed by atoms with Crippen LogP contribution in [0.4, 0.5) is 0 Å². The van der Waals surface area contributed by atoms with Crippen LogP contribution in [0.5, 0.6) is 0 Å². The van der Waals surface area contributed by atoms with Gasteiger partial charge in [0.2, 0.25) is 0 Å². The fourth-order valence-corrected chi connectivity index (χ4v) is 15.9. The first-order chi connectivity index (χ1) is 36.5. The Hall–Kier alpha value is -1.18. The van der Waals surface area contributed by atoms with Crippen LogP contribution in [0.25, 0.3) is 0 Å². The molecule has 0 aromatic rings. The number of rotatable bonds is 17. The Balaban J connectivity index is 0.942. The second kappa shape index (κ2) is 23.7. The molecule has 4 aliphatic carbocycles. The van der Waals surface area contributed by atoms with Gasteiger partial charge >= 0.3 is 0 Å². The van der Waals surface area contributed by atoms with Crippen LogP contribution < -0.4 is 0 Å². The van der Waals surface area contributed by atoms with Gasteiger partial charge in [-0.1, -0.05) is 60.1 Å². The third-order valence-corrected chi connectivity index (χ3v) is 21.0. The molecule has 4 aliphatic heterocycles. The number of aliphatic hydroxyl groups excluding tert-OH is 14. The van der Waals surface area contributed by atoms with E-state index in [0.29, 0.717) is 38.5 Å². The van der Waals surface area contributed by atoms with E-state index in [9.17, 15) is 76.6 Å². The summed E-state index contributed by atoms with van der Waals surface area (Å²) < 4.78 is 48.2. The van der Waals surface area contributed by atoms with Crippen molar-refractivity contribution in [3.05, 3.63) is 11.6 Å². The van der Waals surface area contributed by atoms with Crippen LogP contribution in [0.2, 0.25) is 0 Å². The first-order valence-electron chi connectivity index (χ1n) is 28.4. The number of hydrogen-bond acceptors (Lipinski definition) is 23. The second-order valence-electron chi connectivity index (χ2n) is 26.1. The predicted octanol–water partition coefficient (Wildman–Crippen LogP) is -1.81. The minimum absolute atomic E-state index is 0.0182. The van der Waals surface area contributed by atoms with E-state index in [1.165, 1.54) is 0 Å². The molecule has 0 aromatic heterocycles. The molecule has 0 aromatic carbocycles. The summed E-state index contributed by atoms with van der Waals surface area (Å²) in [5.41, 5.74) is -1.96. The van der Waals surface area contributed by atoms with Crippen molar-refractivity contribution in [2.24, 2.45) is 45.3 Å². The van der Waals surface area contributed by atoms with E-state index in [1.54, 1.807) is 20.8 Å². The van der Waals surface area contributed by atoms with Crippen molar-refractivity contribution < 1.29 is 114 Å². The molecule has 78 heavy (non-hydrogen) atoms. The minimum Gasteiger partial charge on any atom is -0.394 e. The molecular formula is C55H94O23. The van der Waals surface area contributed by atoms with E-state index in [0.717, 1.165) is 18.4 Å². The van der Waals surface area contributed by atoms with Crippen LogP contribution >= 0.6 is 0 Å². The zero-order valence-electron chi connectivity index (χ0n) is 46.6. The number of fused-ring (bicyclic) bond motifs is 5. The number of ether oxygens (including phenoxy) is 8. The molecule has 15 N–H and O–H groups in total. The largest absolute Gasteiger partial charge is 0.394 e. The maximum Gasteiger partial charge on any atom is 0.187 e. The Morgan fingerprint density at radius 2 is 1.09 bits per heavy atom. The summed E-state index contributed by atoms with van der Waals surface area (Å²) in [5, 5.41) is 162. The van der Waals surface area contributed by atoms with E-state index in [-0.39, 0.29) is 40.9 Å². The molecule has 0 radical (unpaired) electrons. The smallest absolute Gasteiger partial charge is 0.187 e. The lowest BCUT2D eigenvalue weighted by molar-refractivity contribution is -0.374. The first-order valence-corrected chi connectivity index (χ1v) is 28.4. The lowest BCUT2D eigenvalue weighted by Gasteiger charge is -2.67. The fourth-order valence-electron chi connectivity index (χ4n) is 15.9. The van der Waals surface area contributed by atoms with Crippen molar-refractivity contribution in [1.82, 2.24) is 0 Å². The van der Waals surface area contributed by atoms with Gasteiger partial charge in [-0.05, 0) is 106 Å². The molecule has 3 saturated carbocycles. The molecule has 23 nitrogen and oxygen atoms in total. The highest BCUT2D eigenvalue weighted by atomic mass is 16.8. The molecule has 4 saturated heterocycles. The molecule has 3 unspecified atom stereocenters. The molecule has 7 fully saturated rings. The van der Waals surface area contributed by atoms with Gasteiger partial charge in [-0.15, -0.1) is 0 Å². The Morgan fingerprint density at radius 3 is 1.64 bits per heavy atom. The first kappa shape index (κ1) is 62.9. The van der Waals surface area contributed by atoms with Crippen LogP contribution in [0, 0.1) is 45.3 Å². The van der Waals surface area contributed by atoms with Gasteiger partial charge in [0.15, 0.2) is 25.2 Å². The van der Waals surface area contributed by atoms with E-state index in [2.05, 4.69) is 47.6 Å². The topological polar surface area (TPSA) is 377 Å². The van der Waals surface area contributed by atoms with E-state index >= 15 is 0 Å². The van der Waals surface area contributed by atoms with Gasteiger partial charge in [0.25, 0.3) is 0 Å². The summed E-state index contributed by atoms with van der Waals surface area (Å²) in [6.07, 6.45) is -25.1. The van der Waals surface area contributed by atoms with Crippen LogP contribution in [0.3, 0.4) is 0 Å². The third-order valence-electron chi connectivity index (χ3n) is 21.0. The number of aliphatic hydroxyl groups is 15. The van der Waals surface area contributed by atoms with Crippen molar-refractivity contribution in [3.8, 4) is 0 Å². The molecule has 0 bridgehead atoms. The molecule has 452 valence electrons. The SMILES string of the molecule is CC[C@H]1O[C@@H](O[C@H](CC[C@@H](C)C2CC[C@@]3(C)C4CC=C5C(CC[C@H](O[C@@H]6O[C@H](CO)[C@@H](O[C@@H]7O[C@H](CO)[C@@H](O)[C@H](O)[C@H]7O)[C@H](O)[C@H]6O)C5(C)C)[C@]4(C)[C@H](O)C[C@]23C)C(C)(C)O)[C@H](O[C@@H]2O[C@H](CO)[C@@H](O)[C@H](O)[C@H]2O)[C@@H](O)[C@@H]1O. The maximum atomic E-state index is 12.7. The van der Waals surface area contributed by atoms with Gasteiger partial charge in [-0.25, -0.2) is 0 Å². The van der Waals surface area contributed by atoms with Gasteiger partial charge in [0, 0.05) is 10.8 Å². The van der Waals surface area contributed by atoms with Gasteiger partial charge in [-0.3, -0.25) is 0 Å². The van der Waals surface area contributed by atoms with Crippen LogP contribution in [-0.2, 0) is 37.9 Å². The molecule has 8 rings (SSSR count). The molecule has 23 heteroatoms. The zero-order chi connectivity index (χ0) is 57.5. The Labute approximate surface area is 457 Å². The average Bonchev–Trinajstić information content (AvgIpc) is 3.03. The monoisotopic (exact) mass is 1120 g/mol. The summed E-state index contributed by atoms with van der Waals surface area (Å²) in [4.78, 5) is 0. The summed E-state index contributed by atoms with van der Waals surface area (Å²) >= 11 is 0. The van der Waals surface area contributed by atoms with Crippen molar-refractivity contribution in [1.29, 1.82) is 0 Å². The van der Waals surface area contributed by atoms with E-state index in [4.69, 9.17) is 37.9 Å². The Kier molecular flexibility index (Phi) is 19.1. The highest BCUT2D eigenvalue weighted by Crippen LogP contribution is 2.75. The molecule has 8 aliphatic rings. The van der Waals surface area contributed by atoms with Gasteiger partial charge in [0.1, 0.15) is 91.6 Å². The van der Waals surface area contributed by atoms with Crippen LogP contribution in [-0.4, -0.2) is 243 Å². The van der Waals surface area contributed by atoms with Crippen molar-refractivity contribution >= 4 is 0 Å². The molecular weight excluding hydrogens is 1030 g/mol. The Bertz CT molecular complexity index is 2020. The van der Waals surface area contributed by atoms with Gasteiger partial charge < -0.3 is 114 Å². The number of hydrogen-bond donors (Lipinski definition) is 15. The second-order valence-corrected chi connectivity index (χ2v) is 26.1. The van der Waals surface area contributed by atoms with E-state index < -0.39 is 177 Å². The third kappa shape index (κ3) is 10.9.